The van der Waals surface area contributed by atoms with Gasteiger partial charge in [0, 0.05) is 19.8 Å². The van der Waals surface area contributed by atoms with Crippen LogP contribution in [0, 0.1) is 0 Å². The highest BCUT2D eigenvalue weighted by Crippen LogP contribution is 2.29. The van der Waals surface area contributed by atoms with Crippen LogP contribution in [0.3, 0.4) is 0 Å². The van der Waals surface area contributed by atoms with Gasteiger partial charge in [0.15, 0.2) is 0 Å². The molecule has 1 aromatic carbocycles. The number of aliphatic carboxylic acids is 1. The summed E-state index contributed by atoms with van der Waals surface area (Å²) < 4.78 is 38.5. The van der Waals surface area contributed by atoms with Crippen molar-refractivity contribution in [2.75, 3.05) is 6.54 Å². The Morgan fingerprint density at radius 2 is 1.78 bits per heavy atom. The first kappa shape index (κ1) is 19.9. The lowest BCUT2D eigenvalue weighted by atomic mass is 10.1. The highest BCUT2D eigenvalue weighted by Gasteiger charge is 2.30. The molecule has 1 amide bonds. The number of hydrogen-bond acceptors (Lipinski definition) is 4. The van der Waals surface area contributed by atoms with E-state index in [1.807, 2.05) is 0 Å². The number of carboxylic acids is 1. The summed E-state index contributed by atoms with van der Waals surface area (Å²) in [7, 11) is 1.13. The van der Waals surface area contributed by atoms with Crippen molar-refractivity contribution in [1.29, 1.82) is 0 Å². The van der Waals surface area contributed by atoms with E-state index in [1.54, 1.807) is 0 Å². The zero-order valence-corrected chi connectivity index (χ0v) is 13.9. The molecule has 2 aromatic rings. The molecule has 0 bridgehead atoms. The van der Waals surface area contributed by atoms with Crippen molar-refractivity contribution < 1.29 is 27.9 Å². The number of carbonyl (C=O) groups excluding carboxylic acids is 1. The maximum absolute atomic E-state index is 12.6. The van der Waals surface area contributed by atoms with Crippen molar-refractivity contribution in [2.45, 2.75) is 12.7 Å². The molecule has 1 aromatic heterocycles. The molecule has 0 unspecified atom stereocenters. The monoisotopic (exact) mass is 385 g/mol. The zero-order valence-electron chi connectivity index (χ0n) is 13.9. The van der Waals surface area contributed by atoms with Crippen molar-refractivity contribution >= 4 is 11.9 Å². The number of carboxylic acid groups (broad SMARTS) is 1. The third-order valence-corrected chi connectivity index (χ3v) is 3.68. The number of H-pyrrole nitrogens is 1. The molecular formula is C16H14F3N3O5. The number of aromatic nitrogens is 2. The van der Waals surface area contributed by atoms with Gasteiger partial charge in [-0.2, -0.15) is 13.2 Å². The van der Waals surface area contributed by atoms with Crippen LogP contribution in [0.25, 0.3) is 0 Å². The molecule has 0 spiro atoms. The third kappa shape index (κ3) is 4.63. The SMILES string of the molecule is Cn1c(=O)[nH]cc(C(=O)N(CC(=O)O)Cc2ccc(C(F)(F)F)cc2)c1=O. The minimum absolute atomic E-state index is 0.235. The van der Waals surface area contributed by atoms with Gasteiger partial charge in [-0.3, -0.25) is 19.0 Å². The summed E-state index contributed by atoms with van der Waals surface area (Å²) in [6, 6.07) is 3.82. The molecule has 8 nitrogen and oxygen atoms in total. The van der Waals surface area contributed by atoms with Crippen LogP contribution < -0.4 is 11.2 Å². The molecule has 0 aliphatic carbocycles. The Balaban J connectivity index is 2.34. The van der Waals surface area contributed by atoms with Crippen LogP contribution in [0.1, 0.15) is 21.5 Å². The number of aromatic amines is 1. The zero-order chi connectivity index (χ0) is 20.4. The predicted molar refractivity (Wildman–Crippen MR) is 86.1 cm³/mol. The number of carbonyl (C=O) groups is 2. The molecule has 1 heterocycles. The topological polar surface area (TPSA) is 112 Å². The van der Waals surface area contributed by atoms with Crippen LogP contribution in [0.2, 0.25) is 0 Å². The molecule has 0 saturated heterocycles. The summed E-state index contributed by atoms with van der Waals surface area (Å²) in [4.78, 5) is 50.0. The van der Waals surface area contributed by atoms with E-state index in [1.165, 1.54) is 0 Å². The molecule has 0 atom stereocenters. The molecule has 144 valence electrons. The Hall–Kier alpha value is -3.37. The Kier molecular flexibility index (Phi) is 5.52. The smallest absolute Gasteiger partial charge is 0.416 e. The maximum Gasteiger partial charge on any atom is 0.416 e. The number of nitrogens with one attached hydrogen (secondary N) is 1. The van der Waals surface area contributed by atoms with Crippen molar-refractivity contribution in [3.63, 3.8) is 0 Å². The van der Waals surface area contributed by atoms with Crippen LogP contribution in [-0.2, 0) is 24.6 Å². The van der Waals surface area contributed by atoms with Gasteiger partial charge in [-0.15, -0.1) is 0 Å². The second-order valence-electron chi connectivity index (χ2n) is 5.62. The second-order valence-corrected chi connectivity index (χ2v) is 5.62. The van der Waals surface area contributed by atoms with Crippen LogP contribution in [0.15, 0.2) is 40.1 Å². The van der Waals surface area contributed by atoms with E-state index in [4.69, 9.17) is 5.11 Å². The molecule has 2 N–H and O–H groups in total. The normalized spacial score (nSPS) is 11.3. The fourth-order valence-corrected chi connectivity index (χ4v) is 2.27. The summed E-state index contributed by atoms with van der Waals surface area (Å²) in [5.74, 6) is -2.36. The fraction of sp³-hybridized carbons (Fsp3) is 0.250. The first-order chi connectivity index (χ1) is 12.5. The van der Waals surface area contributed by atoms with Crippen LogP contribution in [0.5, 0.6) is 0 Å². The molecule has 0 saturated carbocycles. The van der Waals surface area contributed by atoms with Crippen LogP contribution in [-0.4, -0.2) is 38.0 Å². The number of halogens is 3. The van der Waals surface area contributed by atoms with E-state index in [9.17, 15) is 32.3 Å². The average molecular weight is 385 g/mol. The van der Waals surface area contributed by atoms with Gasteiger partial charge in [-0.1, -0.05) is 12.1 Å². The minimum Gasteiger partial charge on any atom is -0.480 e. The molecule has 0 aliphatic rings. The number of rotatable bonds is 5. The van der Waals surface area contributed by atoms with Crippen molar-refractivity contribution in [3.8, 4) is 0 Å². The summed E-state index contributed by atoms with van der Waals surface area (Å²) >= 11 is 0. The second kappa shape index (κ2) is 7.48. The third-order valence-electron chi connectivity index (χ3n) is 3.68. The van der Waals surface area contributed by atoms with E-state index in [-0.39, 0.29) is 12.1 Å². The maximum atomic E-state index is 12.6. The number of alkyl halides is 3. The number of benzene rings is 1. The number of amides is 1. The van der Waals surface area contributed by atoms with Crippen molar-refractivity contribution in [3.05, 3.63) is 68.0 Å². The van der Waals surface area contributed by atoms with E-state index < -0.39 is 47.0 Å². The molecule has 0 aliphatic heterocycles. The first-order valence-corrected chi connectivity index (χ1v) is 7.46. The largest absolute Gasteiger partial charge is 0.480 e. The molecule has 27 heavy (non-hydrogen) atoms. The van der Waals surface area contributed by atoms with Gasteiger partial charge in [-0.05, 0) is 17.7 Å². The molecular weight excluding hydrogens is 371 g/mol. The molecule has 2 rings (SSSR count). The van der Waals surface area contributed by atoms with Gasteiger partial charge in [0.2, 0.25) is 0 Å². The summed E-state index contributed by atoms with van der Waals surface area (Å²) in [6.07, 6.45) is -3.66. The first-order valence-electron chi connectivity index (χ1n) is 7.46. The Morgan fingerprint density at radius 3 is 2.30 bits per heavy atom. The lowest BCUT2D eigenvalue weighted by molar-refractivity contribution is -0.138. The van der Waals surface area contributed by atoms with E-state index in [0.717, 1.165) is 42.4 Å². The van der Waals surface area contributed by atoms with E-state index in [2.05, 4.69) is 4.98 Å². The summed E-state index contributed by atoms with van der Waals surface area (Å²) in [6.45, 7) is -1.13. The Labute approximate surface area is 149 Å². The highest BCUT2D eigenvalue weighted by molar-refractivity contribution is 5.95. The lowest BCUT2D eigenvalue weighted by Crippen LogP contribution is -2.42. The Bertz CT molecular complexity index is 977. The van der Waals surface area contributed by atoms with Gasteiger partial charge in [0.1, 0.15) is 12.1 Å². The summed E-state index contributed by atoms with van der Waals surface area (Å²) in [5.41, 5.74) is -2.81. The Morgan fingerprint density at radius 1 is 1.19 bits per heavy atom. The number of nitrogens with zero attached hydrogens (tertiary/aromatic N) is 2. The molecule has 11 heteroatoms. The van der Waals surface area contributed by atoms with Gasteiger partial charge in [-0.25, -0.2) is 4.79 Å². The van der Waals surface area contributed by atoms with Crippen molar-refractivity contribution in [2.24, 2.45) is 7.05 Å². The fourth-order valence-electron chi connectivity index (χ4n) is 2.27. The van der Waals surface area contributed by atoms with Crippen LogP contribution >= 0.6 is 0 Å². The standard InChI is InChI=1S/C16H14F3N3O5/c1-21-13(25)11(6-20-15(21)27)14(26)22(8-12(23)24)7-9-2-4-10(5-3-9)16(17,18)19/h2-6H,7-8H2,1H3,(H,20,27)(H,23,24). The van der Waals surface area contributed by atoms with E-state index in [0.29, 0.717) is 4.57 Å². The minimum atomic E-state index is -4.53. The predicted octanol–water partition coefficient (Wildman–Crippen LogP) is 0.819. The summed E-state index contributed by atoms with van der Waals surface area (Å²) in [5, 5.41) is 8.99. The number of hydrogen-bond donors (Lipinski definition) is 2. The van der Waals surface area contributed by atoms with E-state index >= 15 is 0 Å². The lowest BCUT2D eigenvalue weighted by Gasteiger charge is -2.21. The molecule has 0 radical (unpaired) electrons. The highest BCUT2D eigenvalue weighted by atomic mass is 19.4. The quantitative estimate of drug-likeness (QED) is 0.791. The van der Waals surface area contributed by atoms with Crippen molar-refractivity contribution in [1.82, 2.24) is 14.5 Å². The van der Waals surface area contributed by atoms with Crippen LogP contribution in [0.4, 0.5) is 13.2 Å². The molecule has 0 fully saturated rings. The average Bonchev–Trinajstić information content (AvgIpc) is 2.58. The van der Waals surface area contributed by atoms with Gasteiger partial charge < -0.3 is 15.0 Å². The van der Waals surface area contributed by atoms with Gasteiger partial charge in [0.05, 0.1) is 5.56 Å². The van der Waals surface area contributed by atoms with Gasteiger partial charge >= 0.3 is 17.8 Å². The van der Waals surface area contributed by atoms with Gasteiger partial charge in [0.25, 0.3) is 11.5 Å².